The maximum absolute atomic E-state index is 3.33. The number of nitrogens with zero attached hydrogens (tertiary/aromatic N) is 1. The van der Waals surface area contributed by atoms with Gasteiger partial charge in [-0.3, -0.25) is 0 Å². The Morgan fingerprint density at radius 2 is 2.24 bits per heavy atom. The molecular formula is C14H18N2S. The van der Waals surface area contributed by atoms with E-state index in [0.29, 0.717) is 5.92 Å². The minimum atomic E-state index is 0.669. The molecule has 17 heavy (non-hydrogen) atoms. The molecule has 0 saturated heterocycles. The third-order valence-electron chi connectivity index (χ3n) is 3.65. The van der Waals surface area contributed by atoms with Gasteiger partial charge in [0.1, 0.15) is 0 Å². The maximum atomic E-state index is 3.33. The van der Waals surface area contributed by atoms with Crippen LogP contribution in [0.25, 0.3) is 10.9 Å². The standard InChI is InChI=1S/C14H18N2S/c1-15-9-10-7-8-17-14-13(10)11-5-3-4-6-12(11)16(14)2/h3-6,10,15H,7-9H2,1-2H3. The van der Waals surface area contributed by atoms with E-state index < -0.39 is 0 Å². The molecule has 1 aromatic heterocycles. The molecule has 1 unspecified atom stereocenters. The Hall–Kier alpha value is -0.930. The van der Waals surface area contributed by atoms with Gasteiger partial charge in [0.25, 0.3) is 0 Å². The van der Waals surface area contributed by atoms with Gasteiger partial charge in [0.15, 0.2) is 0 Å². The summed E-state index contributed by atoms with van der Waals surface area (Å²) < 4.78 is 2.36. The zero-order valence-corrected chi connectivity index (χ0v) is 11.2. The van der Waals surface area contributed by atoms with Crippen molar-refractivity contribution in [1.82, 2.24) is 9.88 Å². The van der Waals surface area contributed by atoms with Gasteiger partial charge in [-0.25, -0.2) is 0 Å². The summed E-state index contributed by atoms with van der Waals surface area (Å²) in [5.74, 6) is 1.91. The van der Waals surface area contributed by atoms with Crippen molar-refractivity contribution >= 4 is 22.7 Å². The van der Waals surface area contributed by atoms with Gasteiger partial charge in [-0.2, -0.15) is 0 Å². The summed E-state index contributed by atoms with van der Waals surface area (Å²) in [5, 5.41) is 6.25. The van der Waals surface area contributed by atoms with Crippen molar-refractivity contribution in [2.45, 2.75) is 17.4 Å². The zero-order valence-electron chi connectivity index (χ0n) is 10.4. The molecule has 1 aliphatic heterocycles. The summed E-state index contributed by atoms with van der Waals surface area (Å²) in [6, 6.07) is 8.78. The van der Waals surface area contributed by atoms with Gasteiger partial charge in [-0.05, 0) is 25.1 Å². The van der Waals surface area contributed by atoms with Gasteiger partial charge < -0.3 is 9.88 Å². The second-order valence-corrected chi connectivity index (χ2v) is 5.77. The quantitative estimate of drug-likeness (QED) is 0.877. The van der Waals surface area contributed by atoms with Crippen molar-refractivity contribution in [3.8, 4) is 0 Å². The van der Waals surface area contributed by atoms with Crippen molar-refractivity contribution in [3.63, 3.8) is 0 Å². The second kappa shape index (κ2) is 4.39. The summed E-state index contributed by atoms with van der Waals surface area (Å²) in [4.78, 5) is 0. The first-order valence-electron chi connectivity index (χ1n) is 6.17. The summed E-state index contributed by atoms with van der Waals surface area (Å²) in [7, 11) is 4.24. The Labute approximate surface area is 106 Å². The highest BCUT2D eigenvalue weighted by atomic mass is 32.2. The van der Waals surface area contributed by atoms with Gasteiger partial charge in [0, 0.05) is 36.2 Å². The number of rotatable bonds is 2. The molecule has 2 aromatic rings. The number of benzene rings is 1. The summed E-state index contributed by atoms with van der Waals surface area (Å²) >= 11 is 2.01. The molecule has 1 aromatic carbocycles. The van der Waals surface area contributed by atoms with Crippen LogP contribution in [0.5, 0.6) is 0 Å². The first-order chi connectivity index (χ1) is 8.33. The van der Waals surface area contributed by atoms with E-state index in [1.165, 1.54) is 28.1 Å². The molecule has 3 rings (SSSR count). The Morgan fingerprint density at radius 1 is 1.41 bits per heavy atom. The molecular weight excluding hydrogens is 228 g/mol. The smallest absolute Gasteiger partial charge is 0.0792 e. The van der Waals surface area contributed by atoms with E-state index in [2.05, 4.69) is 41.2 Å². The lowest BCUT2D eigenvalue weighted by Crippen LogP contribution is -2.20. The van der Waals surface area contributed by atoms with E-state index in [0.717, 1.165) is 6.54 Å². The predicted octanol–water partition coefficient (Wildman–Crippen LogP) is 2.98. The van der Waals surface area contributed by atoms with E-state index >= 15 is 0 Å². The molecule has 2 nitrogen and oxygen atoms in total. The number of aromatic nitrogens is 1. The van der Waals surface area contributed by atoms with Crippen LogP contribution in [0, 0.1) is 0 Å². The molecule has 0 bridgehead atoms. The third kappa shape index (κ3) is 1.69. The topological polar surface area (TPSA) is 17.0 Å². The van der Waals surface area contributed by atoms with E-state index in [4.69, 9.17) is 0 Å². The molecule has 1 N–H and O–H groups in total. The first-order valence-corrected chi connectivity index (χ1v) is 7.16. The van der Waals surface area contributed by atoms with E-state index in [1.54, 1.807) is 5.56 Å². The van der Waals surface area contributed by atoms with Crippen molar-refractivity contribution < 1.29 is 0 Å². The fourth-order valence-electron chi connectivity index (χ4n) is 2.86. The zero-order chi connectivity index (χ0) is 11.8. The Balaban J connectivity index is 2.24. The predicted molar refractivity (Wildman–Crippen MR) is 74.9 cm³/mol. The number of hydrogen-bond acceptors (Lipinski definition) is 2. The van der Waals surface area contributed by atoms with Crippen LogP contribution in [0.4, 0.5) is 0 Å². The van der Waals surface area contributed by atoms with Gasteiger partial charge in [0.2, 0.25) is 0 Å². The molecule has 90 valence electrons. The molecule has 0 fully saturated rings. The van der Waals surface area contributed by atoms with Crippen LogP contribution >= 0.6 is 11.8 Å². The molecule has 0 amide bonds. The largest absolute Gasteiger partial charge is 0.339 e. The normalized spacial score (nSPS) is 19.5. The molecule has 0 aliphatic carbocycles. The van der Waals surface area contributed by atoms with Crippen LogP contribution in [0.3, 0.4) is 0 Å². The van der Waals surface area contributed by atoms with E-state index in [-0.39, 0.29) is 0 Å². The lowest BCUT2D eigenvalue weighted by atomic mass is 9.95. The number of para-hydroxylation sites is 1. The van der Waals surface area contributed by atoms with Gasteiger partial charge >= 0.3 is 0 Å². The van der Waals surface area contributed by atoms with E-state index in [1.807, 2.05) is 18.8 Å². The highest BCUT2D eigenvalue weighted by Crippen LogP contribution is 2.42. The van der Waals surface area contributed by atoms with Crippen LogP contribution in [0.2, 0.25) is 0 Å². The fraction of sp³-hybridized carbons (Fsp3) is 0.429. The Morgan fingerprint density at radius 3 is 3.06 bits per heavy atom. The maximum Gasteiger partial charge on any atom is 0.0792 e. The number of likely N-dealkylation sites (N-methyl/N-ethyl adjacent to an activating group) is 1. The lowest BCUT2D eigenvalue weighted by Gasteiger charge is -2.23. The molecule has 0 radical (unpaired) electrons. The van der Waals surface area contributed by atoms with Crippen molar-refractivity contribution in [2.24, 2.45) is 7.05 Å². The van der Waals surface area contributed by atoms with E-state index in [9.17, 15) is 0 Å². The Bertz CT molecular complexity index is 544. The van der Waals surface area contributed by atoms with Crippen LogP contribution in [-0.4, -0.2) is 23.9 Å². The first kappa shape index (κ1) is 11.2. The summed E-state index contributed by atoms with van der Waals surface area (Å²) in [6.45, 7) is 1.08. The summed E-state index contributed by atoms with van der Waals surface area (Å²) in [6.07, 6.45) is 1.28. The van der Waals surface area contributed by atoms with Gasteiger partial charge in [-0.15, -0.1) is 11.8 Å². The fourth-order valence-corrected chi connectivity index (χ4v) is 4.18. The second-order valence-electron chi connectivity index (χ2n) is 4.69. The van der Waals surface area contributed by atoms with Crippen LogP contribution in [0.1, 0.15) is 17.9 Å². The third-order valence-corrected chi connectivity index (χ3v) is 4.86. The van der Waals surface area contributed by atoms with Crippen LogP contribution in [-0.2, 0) is 7.05 Å². The molecule has 1 aliphatic rings. The average Bonchev–Trinajstić information content (AvgIpc) is 2.66. The van der Waals surface area contributed by atoms with Gasteiger partial charge in [0.05, 0.1) is 5.03 Å². The highest BCUT2D eigenvalue weighted by Gasteiger charge is 2.26. The minimum Gasteiger partial charge on any atom is -0.339 e. The number of hydrogen-bond donors (Lipinski definition) is 1. The summed E-state index contributed by atoms with van der Waals surface area (Å²) in [5.41, 5.74) is 2.93. The SMILES string of the molecule is CNCC1CCSc2c1c1ccccc1n2C. The van der Waals surface area contributed by atoms with Gasteiger partial charge in [-0.1, -0.05) is 18.2 Å². The minimum absolute atomic E-state index is 0.669. The molecule has 0 saturated carbocycles. The monoisotopic (exact) mass is 246 g/mol. The lowest BCUT2D eigenvalue weighted by molar-refractivity contribution is 0.595. The van der Waals surface area contributed by atoms with Crippen molar-refractivity contribution in [1.29, 1.82) is 0 Å². The van der Waals surface area contributed by atoms with Crippen LogP contribution < -0.4 is 5.32 Å². The van der Waals surface area contributed by atoms with Crippen molar-refractivity contribution in [2.75, 3.05) is 19.3 Å². The number of fused-ring (bicyclic) bond motifs is 3. The molecule has 2 heterocycles. The molecule has 3 heteroatoms. The molecule has 0 spiro atoms. The average molecular weight is 246 g/mol. The number of aryl methyl sites for hydroxylation is 1. The number of nitrogens with one attached hydrogen (secondary N) is 1. The van der Waals surface area contributed by atoms with Crippen LogP contribution in [0.15, 0.2) is 29.3 Å². The molecule has 1 atom stereocenters. The Kier molecular flexibility index (Phi) is 2.89. The number of thioether (sulfide) groups is 1. The van der Waals surface area contributed by atoms with Crippen molar-refractivity contribution in [3.05, 3.63) is 29.8 Å². The highest BCUT2D eigenvalue weighted by molar-refractivity contribution is 7.99.